The predicted octanol–water partition coefficient (Wildman–Crippen LogP) is 0.903. The normalized spacial score (nSPS) is 12.9. The second-order valence-corrected chi connectivity index (χ2v) is 2.35. The zero-order valence-corrected chi connectivity index (χ0v) is 6.20. The monoisotopic (exact) mass is 151 g/mol. The summed E-state index contributed by atoms with van der Waals surface area (Å²) in [6.45, 7) is 0.00387. The number of rotatable bonds is 3. The van der Waals surface area contributed by atoms with E-state index in [1.54, 1.807) is 12.1 Å². The highest BCUT2D eigenvalue weighted by Gasteiger charge is 2.04. The molecule has 0 aromatic heterocycles. The first-order valence-corrected chi connectivity index (χ1v) is 3.60. The van der Waals surface area contributed by atoms with Gasteiger partial charge in [0.25, 0.3) is 0 Å². The summed E-state index contributed by atoms with van der Waals surface area (Å²) in [6, 6.07) is 10.1. The maximum absolute atomic E-state index is 9.33. The van der Waals surface area contributed by atoms with Crippen LogP contribution in [0.5, 0.6) is 0 Å². The first-order valence-electron chi connectivity index (χ1n) is 3.60. The fourth-order valence-electron chi connectivity index (χ4n) is 0.892. The second-order valence-electron chi connectivity index (χ2n) is 2.35. The molecule has 0 saturated carbocycles. The smallest absolute Gasteiger partial charge is 0.0817 e. The molecule has 0 amide bonds. The average Bonchev–Trinajstić information content (AvgIpc) is 2.07. The van der Waals surface area contributed by atoms with E-state index in [0.717, 1.165) is 5.56 Å². The van der Waals surface area contributed by atoms with Crippen LogP contribution in [-0.2, 0) is 0 Å². The summed E-state index contributed by atoms with van der Waals surface area (Å²) in [6.07, 6.45) is -0.207. The molecule has 0 aliphatic carbocycles. The molecule has 1 radical (unpaired) electrons. The molecule has 0 heterocycles. The Hall–Kier alpha value is -0.860. The number of aliphatic hydroxyl groups excluding tert-OH is 2. The fourth-order valence-corrected chi connectivity index (χ4v) is 0.892. The third kappa shape index (κ3) is 2.33. The highest BCUT2D eigenvalue weighted by atomic mass is 16.3. The van der Waals surface area contributed by atoms with Crippen molar-refractivity contribution in [3.8, 4) is 0 Å². The lowest BCUT2D eigenvalue weighted by Gasteiger charge is -2.07. The van der Waals surface area contributed by atoms with Crippen molar-refractivity contribution in [1.29, 1.82) is 0 Å². The molecule has 1 aromatic carbocycles. The SMILES string of the molecule is OCCC(O)c1[c]cccc1. The summed E-state index contributed by atoms with van der Waals surface area (Å²) in [5, 5.41) is 17.9. The lowest BCUT2D eigenvalue weighted by Crippen LogP contribution is -1.99. The van der Waals surface area contributed by atoms with E-state index in [1.807, 2.05) is 12.1 Å². The highest BCUT2D eigenvalue weighted by Crippen LogP contribution is 2.13. The molecular weight excluding hydrogens is 140 g/mol. The van der Waals surface area contributed by atoms with Gasteiger partial charge in [0, 0.05) is 13.0 Å². The summed E-state index contributed by atoms with van der Waals surface area (Å²) in [4.78, 5) is 0. The van der Waals surface area contributed by atoms with Gasteiger partial charge in [-0.25, -0.2) is 0 Å². The van der Waals surface area contributed by atoms with Gasteiger partial charge in [-0.15, -0.1) is 0 Å². The zero-order chi connectivity index (χ0) is 8.10. The van der Waals surface area contributed by atoms with Gasteiger partial charge in [0.1, 0.15) is 0 Å². The minimum atomic E-state index is -0.582. The van der Waals surface area contributed by atoms with Crippen molar-refractivity contribution in [2.75, 3.05) is 6.61 Å². The van der Waals surface area contributed by atoms with Crippen LogP contribution in [0.4, 0.5) is 0 Å². The van der Waals surface area contributed by atoms with Gasteiger partial charge in [0.15, 0.2) is 0 Å². The van der Waals surface area contributed by atoms with Crippen LogP contribution in [0.1, 0.15) is 18.1 Å². The van der Waals surface area contributed by atoms with Gasteiger partial charge in [0.05, 0.1) is 6.10 Å². The minimum absolute atomic E-state index is 0.00387. The molecule has 2 N–H and O–H groups in total. The van der Waals surface area contributed by atoms with Crippen LogP contribution in [0.25, 0.3) is 0 Å². The van der Waals surface area contributed by atoms with Crippen LogP contribution >= 0.6 is 0 Å². The molecule has 1 aromatic rings. The largest absolute Gasteiger partial charge is 0.396 e. The van der Waals surface area contributed by atoms with E-state index in [0.29, 0.717) is 6.42 Å². The molecule has 2 heteroatoms. The summed E-state index contributed by atoms with van der Waals surface area (Å²) in [5.74, 6) is 0. The van der Waals surface area contributed by atoms with Crippen molar-refractivity contribution >= 4 is 0 Å². The molecule has 1 rings (SSSR count). The van der Waals surface area contributed by atoms with Gasteiger partial charge >= 0.3 is 0 Å². The molecule has 2 nitrogen and oxygen atoms in total. The van der Waals surface area contributed by atoms with E-state index in [2.05, 4.69) is 6.07 Å². The standard InChI is InChI=1S/C9H11O2/c10-7-6-9(11)8-4-2-1-3-5-8/h1-4,9-11H,6-7H2. The van der Waals surface area contributed by atoms with E-state index in [1.165, 1.54) is 0 Å². The number of benzene rings is 1. The van der Waals surface area contributed by atoms with Crippen molar-refractivity contribution < 1.29 is 10.2 Å². The Balaban J connectivity index is 2.61. The van der Waals surface area contributed by atoms with Gasteiger partial charge in [-0.1, -0.05) is 24.3 Å². The van der Waals surface area contributed by atoms with Crippen molar-refractivity contribution in [1.82, 2.24) is 0 Å². The Morgan fingerprint density at radius 1 is 1.45 bits per heavy atom. The molecular formula is C9H11O2. The fraction of sp³-hybridized carbons (Fsp3) is 0.333. The molecule has 1 atom stereocenters. The predicted molar refractivity (Wildman–Crippen MR) is 41.9 cm³/mol. The third-order valence-electron chi connectivity index (χ3n) is 1.49. The van der Waals surface area contributed by atoms with E-state index in [-0.39, 0.29) is 6.61 Å². The third-order valence-corrected chi connectivity index (χ3v) is 1.49. The van der Waals surface area contributed by atoms with Crippen LogP contribution in [0.15, 0.2) is 24.3 Å². The number of aliphatic hydroxyl groups is 2. The van der Waals surface area contributed by atoms with E-state index in [4.69, 9.17) is 5.11 Å². The summed E-state index contributed by atoms with van der Waals surface area (Å²) >= 11 is 0. The topological polar surface area (TPSA) is 40.5 Å². The first kappa shape index (κ1) is 8.24. The molecule has 11 heavy (non-hydrogen) atoms. The molecule has 0 aliphatic heterocycles. The zero-order valence-electron chi connectivity index (χ0n) is 6.20. The van der Waals surface area contributed by atoms with E-state index in [9.17, 15) is 5.11 Å². The van der Waals surface area contributed by atoms with Crippen LogP contribution in [-0.4, -0.2) is 16.8 Å². The molecule has 0 aliphatic rings. The quantitative estimate of drug-likeness (QED) is 0.674. The van der Waals surface area contributed by atoms with Crippen molar-refractivity contribution in [2.45, 2.75) is 12.5 Å². The van der Waals surface area contributed by atoms with Crippen molar-refractivity contribution in [3.63, 3.8) is 0 Å². The second kappa shape index (κ2) is 4.11. The lowest BCUT2D eigenvalue weighted by molar-refractivity contribution is 0.134. The Morgan fingerprint density at radius 3 is 2.82 bits per heavy atom. The van der Waals surface area contributed by atoms with E-state index < -0.39 is 6.10 Å². The maximum Gasteiger partial charge on any atom is 0.0817 e. The van der Waals surface area contributed by atoms with Gasteiger partial charge < -0.3 is 10.2 Å². The van der Waals surface area contributed by atoms with Crippen molar-refractivity contribution in [2.24, 2.45) is 0 Å². The highest BCUT2D eigenvalue weighted by molar-refractivity contribution is 5.15. The molecule has 0 spiro atoms. The van der Waals surface area contributed by atoms with Gasteiger partial charge in [-0.3, -0.25) is 0 Å². The van der Waals surface area contributed by atoms with Crippen LogP contribution in [0.2, 0.25) is 0 Å². The van der Waals surface area contributed by atoms with E-state index >= 15 is 0 Å². The van der Waals surface area contributed by atoms with Crippen molar-refractivity contribution in [3.05, 3.63) is 35.9 Å². The lowest BCUT2D eigenvalue weighted by atomic mass is 10.1. The minimum Gasteiger partial charge on any atom is -0.396 e. The van der Waals surface area contributed by atoms with Gasteiger partial charge in [0.2, 0.25) is 0 Å². The number of hydrogen-bond acceptors (Lipinski definition) is 2. The molecule has 0 bridgehead atoms. The van der Waals surface area contributed by atoms with Gasteiger partial charge in [-0.2, -0.15) is 0 Å². The van der Waals surface area contributed by atoms with Gasteiger partial charge in [-0.05, 0) is 11.6 Å². The molecule has 0 saturated heterocycles. The molecule has 0 fully saturated rings. The molecule has 1 unspecified atom stereocenters. The Morgan fingerprint density at radius 2 is 2.27 bits per heavy atom. The summed E-state index contributed by atoms with van der Waals surface area (Å²) in [7, 11) is 0. The maximum atomic E-state index is 9.33. The Bertz CT molecular complexity index is 196. The van der Waals surface area contributed by atoms with Crippen LogP contribution in [0.3, 0.4) is 0 Å². The summed E-state index contributed by atoms with van der Waals surface area (Å²) in [5.41, 5.74) is 0.738. The Kier molecular flexibility index (Phi) is 3.08. The van der Waals surface area contributed by atoms with Crippen LogP contribution in [0, 0.1) is 6.07 Å². The Labute approximate surface area is 66.1 Å². The summed E-state index contributed by atoms with van der Waals surface area (Å²) < 4.78 is 0. The van der Waals surface area contributed by atoms with Crippen LogP contribution < -0.4 is 0 Å². The average molecular weight is 151 g/mol. The number of hydrogen-bond donors (Lipinski definition) is 2. The first-order chi connectivity index (χ1) is 5.34. The molecule has 59 valence electrons.